The van der Waals surface area contributed by atoms with E-state index in [9.17, 15) is 0 Å². The van der Waals surface area contributed by atoms with E-state index in [1.807, 2.05) is 6.92 Å². The van der Waals surface area contributed by atoms with Crippen LogP contribution in [0.3, 0.4) is 0 Å². The molecule has 1 heterocycles. The summed E-state index contributed by atoms with van der Waals surface area (Å²) in [6, 6.07) is 0. The third kappa shape index (κ3) is 1.08. The summed E-state index contributed by atoms with van der Waals surface area (Å²) in [5.41, 5.74) is 1.17. The fourth-order valence-corrected chi connectivity index (χ4v) is 2.51. The van der Waals surface area contributed by atoms with Crippen molar-refractivity contribution < 1.29 is 4.74 Å². The van der Waals surface area contributed by atoms with E-state index < -0.39 is 0 Å². The first-order chi connectivity index (χ1) is 5.68. The number of rotatable bonds is 2. The molecule has 1 fully saturated rings. The van der Waals surface area contributed by atoms with Crippen LogP contribution in [0.25, 0.3) is 0 Å². The van der Waals surface area contributed by atoms with E-state index in [1.165, 1.54) is 10.6 Å². The molecule has 66 valence electrons. The number of hydrogen-bond acceptors (Lipinski definition) is 3. The van der Waals surface area contributed by atoms with Gasteiger partial charge in [-0.05, 0) is 26.7 Å². The van der Waals surface area contributed by atoms with Crippen LogP contribution < -0.4 is 0 Å². The zero-order valence-electron chi connectivity index (χ0n) is 7.68. The predicted molar refractivity (Wildman–Crippen MR) is 49.5 cm³/mol. The molecule has 2 rings (SSSR count). The van der Waals surface area contributed by atoms with Gasteiger partial charge >= 0.3 is 0 Å². The van der Waals surface area contributed by atoms with Crippen LogP contribution in [0.4, 0.5) is 0 Å². The molecule has 0 aromatic carbocycles. The standard InChI is InChI=1S/C9H13NOS/c1-6-8(10-7(2)12-6)9(11-3)4-5-9/h4-5H2,1-3H3. The summed E-state index contributed by atoms with van der Waals surface area (Å²) in [5, 5.41) is 1.14. The highest BCUT2D eigenvalue weighted by Gasteiger charge is 2.47. The number of aromatic nitrogens is 1. The molecule has 0 spiro atoms. The van der Waals surface area contributed by atoms with E-state index in [1.54, 1.807) is 18.4 Å². The molecule has 2 nitrogen and oxygen atoms in total. The minimum absolute atomic E-state index is 0.00512. The van der Waals surface area contributed by atoms with Crippen molar-refractivity contribution in [3.05, 3.63) is 15.6 Å². The Balaban J connectivity index is 2.39. The Kier molecular flexibility index (Phi) is 1.73. The molecule has 1 aromatic heterocycles. The SMILES string of the molecule is COC1(c2nc(C)sc2C)CC1. The van der Waals surface area contributed by atoms with Gasteiger partial charge in [0.15, 0.2) is 0 Å². The molecule has 0 aliphatic heterocycles. The van der Waals surface area contributed by atoms with E-state index in [2.05, 4.69) is 11.9 Å². The normalized spacial score (nSPS) is 19.6. The molecule has 0 atom stereocenters. The third-order valence-corrected chi connectivity index (χ3v) is 3.32. The van der Waals surface area contributed by atoms with Gasteiger partial charge < -0.3 is 4.74 Å². The molecule has 0 bridgehead atoms. The number of nitrogens with zero attached hydrogens (tertiary/aromatic N) is 1. The van der Waals surface area contributed by atoms with Gasteiger partial charge in [-0.3, -0.25) is 0 Å². The highest BCUT2D eigenvalue weighted by atomic mass is 32.1. The second-order valence-electron chi connectivity index (χ2n) is 3.34. The third-order valence-electron chi connectivity index (χ3n) is 2.43. The largest absolute Gasteiger partial charge is 0.372 e. The summed E-state index contributed by atoms with van der Waals surface area (Å²) < 4.78 is 5.47. The Morgan fingerprint density at radius 3 is 2.42 bits per heavy atom. The summed E-state index contributed by atoms with van der Waals surface area (Å²) in [6.07, 6.45) is 2.26. The van der Waals surface area contributed by atoms with Crippen LogP contribution in [0, 0.1) is 13.8 Å². The molecule has 1 aromatic rings. The van der Waals surface area contributed by atoms with E-state index >= 15 is 0 Å². The molecule has 1 aliphatic carbocycles. The molecular weight excluding hydrogens is 170 g/mol. The van der Waals surface area contributed by atoms with Crippen molar-refractivity contribution in [2.45, 2.75) is 32.3 Å². The Bertz CT molecular complexity index is 301. The van der Waals surface area contributed by atoms with Crippen LogP contribution in [-0.4, -0.2) is 12.1 Å². The second kappa shape index (κ2) is 2.54. The molecular formula is C9H13NOS. The van der Waals surface area contributed by atoms with E-state index in [4.69, 9.17) is 4.74 Å². The maximum Gasteiger partial charge on any atom is 0.111 e. The van der Waals surface area contributed by atoms with Gasteiger partial charge in [-0.15, -0.1) is 11.3 Å². The second-order valence-corrected chi connectivity index (χ2v) is 4.74. The lowest BCUT2D eigenvalue weighted by atomic mass is 10.2. The zero-order valence-corrected chi connectivity index (χ0v) is 8.49. The molecule has 12 heavy (non-hydrogen) atoms. The summed E-state index contributed by atoms with van der Waals surface area (Å²) in [6.45, 7) is 4.17. The van der Waals surface area contributed by atoms with Crippen molar-refractivity contribution >= 4 is 11.3 Å². The van der Waals surface area contributed by atoms with Crippen molar-refractivity contribution in [1.82, 2.24) is 4.98 Å². The fraction of sp³-hybridized carbons (Fsp3) is 0.667. The van der Waals surface area contributed by atoms with Crippen molar-refractivity contribution in [3.63, 3.8) is 0 Å². The molecule has 0 saturated heterocycles. The maximum absolute atomic E-state index is 5.47. The van der Waals surface area contributed by atoms with Gasteiger partial charge in [0.05, 0.1) is 10.7 Å². The van der Waals surface area contributed by atoms with Crippen LogP contribution in [0.1, 0.15) is 28.4 Å². The van der Waals surface area contributed by atoms with Crippen molar-refractivity contribution in [2.24, 2.45) is 0 Å². The Labute approximate surface area is 76.6 Å². The van der Waals surface area contributed by atoms with Crippen molar-refractivity contribution in [2.75, 3.05) is 7.11 Å². The van der Waals surface area contributed by atoms with Gasteiger partial charge in [-0.25, -0.2) is 4.98 Å². The average molecular weight is 183 g/mol. The van der Waals surface area contributed by atoms with Crippen LogP contribution in [0.5, 0.6) is 0 Å². The van der Waals surface area contributed by atoms with Gasteiger partial charge in [-0.2, -0.15) is 0 Å². The Morgan fingerprint density at radius 2 is 2.08 bits per heavy atom. The lowest BCUT2D eigenvalue weighted by Gasteiger charge is -2.10. The van der Waals surface area contributed by atoms with Gasteiger partial charge in [0.2, 0.25) is 0 Å². The summed E-state index contributed by atoms with van der Waals surface area (Å²) >= 11 is 1.76. The number of methoxy groups -OCH3 is 1. The van der Waals surface area contributed by atoms with Crippen LogP contribution in [0.15, 0.2) is 0 Å². The molecule has 1 saturated carbocycles. The van der Waals surface area contributed by atoms with Crippen molar-refractivity contribution in [1.29, 1.82) is 0 Å². The molecule has 0 amide bonds. The van der Waals surface area contributed by atoms with Crippen LogP contribution in [-0.2, 0) is 10.3 Å². The molecule has 0 unspecified atom stereocenters. The molecule has 0 radical (unpaired) electrons. The van der Waals surface area contributed by atoms with E-state index in [0.717, 1.165) is 17.8 Å². The topological polar surface area (TPSA) is 22.1 Å². The van der Waals surface area contributed by atoms with Crippen LogP contribution >= 0.6 is 11.3 Å². The van der Waals surface area contributed by atoms with Gasteiger partial charge in [-0.1, -0.05) is 0 Å². The smallest absolute Gasteiger partial charge is 0.111 e. The van der Waals surface area contributed by atoms with Gasteiger partial charge in [0.1, 0.15) is 5.60 Å². The zero-order chi connectivity index (χ0) is 8.77. The summed E-state index contributed by atoms with van der Waals surface area (Å²) in [5.74, 6) is 0. The Morgan fingerprint density at radius 1 is 1.42 bits per heavy atom. The average Bonchev–Trinajstić information content (AvgIpc) is 2.74. The van der Waals surface area contributed by atoms with Crippen LogP contribution in [0.2, 0.25) is 0 Å². The molecule has 1 aliphatic rings. The van der Waals surface area contributed by atoms with Gasteiger partial charge in [0.25, 0.3) is 0 Å². The predicted octanol–water partition coefficient (Wildman–Crippen LogP) is 2.40. The fourth-order valence-electron chi connectivity index (χ4n) is 1.60. The lowest BCUT2D eigenvalue weighted by molar-refractivity contribution is 0.0751. The monoisotopic (exact) mass is 183 g/mol. The lowest BCUT2D eigenvalue weighted by Crippen LogP contribution is -2.10. The molecule has 3 heteroatoms. The quantitative estimate of drug-likeness (QED) is 0.702. The summed E-state index contributed by atoms with van der Waals surface area (Å²) in [7, 11) is 1.78. The van der Waals surface area contributed by atoms with Crippen molar-refractivity contribution in [3.8, 4) is 0 Å². The minimum atomic E-state index is -0.00512. The minimum Gasteiger partial charge on any atom is -0.372 e. The highest BCUT2D eigenvalue weighted by molar-refractivity contribution is 7.11. The van der Waals surface area contributed by atoms with E-state index in [-0.39, 0.29) is 5.60 Å². The Hall–Kier alpha value is -0.410. The number of aryl methyl sites for hydroxylation is 2. The maximum atomic E-state index is 5.47. The molecule has 0 N–H and O–H groups in total. The van der Waals surface area contributed by atoms with E-state index in [0.29, 0.717) is 0 Å². The first kappa shape index (κ1) is 8.20. The highest BCUT2D eigenvalue weighted by Crippen LogP contribution is 2.49. The summed E-state index contributed by atoms with van der Waals surface area (Å²) in [4.78, 5) is 5.82. The first-order valence-corrected chi connectivity index (χ1v) is 4.99. The first-order valence-electron chi connectivity index (χ1n) is 4.17. The number of ether oxygens (including phenoxy) is 1. The number of hydrogen-bond donors (Lipinski definition) is 0. The number of thiazole rings is 1. The van der Waals surface area contributed by atoms with Gasteiger partial charge in [0, 0.05) is 12.0 Å².